The van der Waals surface area contributed by atoms with Crippen molar-refractivity contribution in [2.45, 2.75) is 39.5 Å². The van der Waals surface area contributed by atoms with Crippen LogP contribution in [0.2, 0.25) is 0 Å². The van der Waals surface area contributed by atoms with Gasteiger partial charge in [0.2, 0.25) is 0 Å². The Hall–Kier alpha value is -0.380. The minimum atomic E-state index is -0.216. The van der Waals surface area contributed by atoms with E-state index in [1.807, 2.05) is 13.8 Å². The van der Waals surface area contributed by atoms with E-state index in [4.69, 9.17) is 11.5 Å². The summed E-state index contributed by atoms with van der Waals surface area (Å²) in [7, 11) is 0. The number of nitrogens with zero attached hydrogens (tertiary/aromatic N) is 1. The number of thioether (sulfide) groups is 1. The van der Waals surface area contributed by atoms with Gasteiger partial charge in [-0.2, -0.15) is 0 Å². The van der Waals surface area contributed by atoms with Crippen molar-refractivity contribution in [3.8, 4) is 0 Å². The van der Waals surface area contributed by atoms with Crippen molar-refractivity contribution >= 4 is 17.7 Å². The van der Waals surface area contributed by atoms with Gasteiger partial charge in [0.15, 0.2) is 5.96 Å². The third-order valence-corrected chi connectivity index (χ3v) is 3.06. The lowest BCUT2D eigenvalue weighted by molar-refractivity contribution is 0.478. The molecule has 3 nitrogen and oxygen atoms in total. The first kappa shape index (κ1) is 12.6. The predicted molar refractivity (Wildman–Crippen MR) is 61.8 cm³/mol. The average Bonchev–Trinajstić information content (AvgIpc) is 1.79. The van der Waals surface area contributed by atoms with Crippen molar-refractivity contribution in [2.24, 2.45) is 21.9 Å². The topological polar surface area (TPSA) is 64.4 Å². The molecule has 0 saturated heterocycles. The van der Waals surface area contributed by atoms with E-state index in [0.29, 0.717) is 5.41 Å². The van der Waals surface area contributed by atoms with Crippen LogP contribution in [0, 0.1) is 5.41 Å². The van der Waals surface area contributed by atoms with Gasteiger partial charge in [0.05, 0.1) is 0 Å². The van der Waals surface area contributed by atoms with Crippen molar-refractivity contribution in [1.29, 1.82) is 0 Å². The highest BCUT2D eigenvalue weighted by Gasteiger charge is 2.21. The lowest BCUT2D eigenvalue weighted by atomic mass is 10.0. The van der Waals surface area contributed by atoms with E-state index in [-0.39, 0.29) is 10.8 Å². The maximum Gasteiger partial charge on any atom is 0.187 e. The number of rotatable bonds is 3. The van der Waals surface area contributed by atoms with Crippen molar-refractivity contribution in [3.63, 3.8) is 0 Å². The second kappa shape index (κ2) is 4.22. The van der Waals surface area contributed by atoms with Crippen LogP contribution in [0.5, 0.6) is 0 Å². The second-order valence-corrected chi connectivity index (χ2v) is 6.41. The Morgan fingerprint density at radius 3 is 1.92 bits per heavy atom. The summed E-state index contributed by atoms with van der Waals surface area (Å²) in [4.78, 5) is 3.93. The third kappa shape index (κ3) is 7.96. The Balaban J connectivity index is 4.12. The first-order chi connectivity index (χ1) is 5.62. The van der Waals surface area contributed by atoms with E-state index >= 15 is 0 Å². The van der Waals surface area contributed by atoms with Gasteiger partial charge < -0.3 is 11.5 Å². The van der Waals surface area contributed by atoms with Crippen LogP contribution in [-0.4, -0.2) is 16.6 Å². The monoisotopic (exact) mass is 203 g/mol. The molecule has 0 aliphatic rings. The summed E-state index contributed by atoms with van der Waals surface area (Å²) in [5.74, 6) is 1.20. The zero-order valence-corrected chi connectivity index (χ0v) is 10.0. The summed E-state index contributed by atoms with van der Waals surface area (Å²) in [6.45, 7) is 10.6. The molecule has 0 fully saturated rings. The Morgan fingerprint density at radius 2 is 1.62 bits per heavy atom. The van der Waals surface area contributed by atoms with E-state index in [1.165, 1.54) is 0 Å². The SMILES string of the molecule is CC(C)(C)CSC(C)(C)N=C(N)N. The lowest BCUT2D eigenvalue weighted by Crippen LogP contribution is -2.28. The highest BCUT2D eigenvalue weighted by atomic mass is 32.2. The fourth-order valence-electron chi connectivity index (χ4n) is 0.736. The minimum Gasteiger partial charge on any atom is -0.370 e. The van der Waals surface area contributed by atoms with Crippen molar-refractivity contribution in [1.82, 2.24) is 0 Å². The van der Waals surface area contributed by atoms with Gasteiger partial charge in [0.1, 0.15) is 4.87 Å². The van der Waals surface area contributed by atoms with Gasteiger partial charge in [0.25, 0.3) is 0 Å². The molecule has 0 rings (SSSR count). The summed E-state index contributed by atoms with van der Waals surface area (Å²) >= 11 is 1.77. The molecule has 0 aliphatic carbocycles. The summed E-state index contributed by atoms with van der Waals surface area (Å²) in [5, 5.41) is 0. The molecule has 0 heterocycles. The van der Waals surface area contributed by atoms with Crippen molar-refractivity contribution < 1.29 is 0 Å². The Labute approximate surface area is 85.4 Å². The van der Waals surface area contributed by atoms with E-state index in [0.717, 1.165) is 5.75 Å². The predicted octanol–water partition coefficient (Wildman–Crippen LogP) is 1.78. The molecule has 0 atom stereocenters. The van der Waals surface area contributed by atoms with Crippen LogP contribution in [0.1, 0.15) is 34.6 Å². The van der Waals surface area contributed by atoms with E-state index < -0.39 is 0 Å². The molecule has 0 aromatic rings. The van der Waals surface area contributed by atoms with Gasteiger partial charge in [-0.25, -0.2) is 4.99 Å². The van der Waals surface area contributed by atoms with Crippen LogP contribution in [0.15, 0.2) is 4.99 Å². The van der Waals surface area contributed by atoms with Gasteiger partial charge in [-0.1, -0.05) is 20.8 Å². The van der Waals surface area contributed by atoms with Gasteiger partial charge >= 0.3 is 0 Å². The lowest BCUT2D eigenvalue weighted by Gasteiger charge is -2.25. The maximum absolute atomic E-state index is 5.33. The minimum absolute atomic E-state index is 0.159. The van der Waals surface area contributed by atoms with Crippen molar-refractivity contribution in [3.05, 3.63) is 0 Å². The zero-order valence-electron chi connectivity index (χ0n) is 9.22. The van der Waals surface area contributed by atoms with Gasteiger partial charge in [-0.3, -0.25) is 0 Å². The molecule has 0 radical (unpaired) electrons. The van der Waals surface area contributed by atoms with Gasteiger partial charge in [0, 0.05) is 5.75 Å². The number of hydrogen-bond acceptors (Lipinski definition) is 2. The van der Waals surface area contributed by atoms with Gasteiger partial charge in [-0.15, -0.1) is 11.8 Å². The molecular formula is C9H21N3S. The quantitative estimate of drug-likeness (QED) is 0.543. The smallest absolute Gasteiger partial charge is 0.187 e. The normalized spacial score (nSPS) is 12.7. The molecule has 0 saturated carbocycles. The zero-order chi connectivity index (χ0) is 10.7. The second-order valence-electron chi connectivity index (χ2n) is 4.83. The van der Waals surface area contributed by atoms with Crippen LogP contribution in [0.3, 0.4) is 0 Å². The summed E-state index contributed by atoms with van der Waals surface area (Å²) < 4.78 is 0. The summed E-state index contributed by atoms with van der Waals surface area (Å²) in [5.41, 5.74) is 11.0. The molecule has 0 bridgehead atoms. The Bertz CT molecular complexity index is 188. The van der Waals surface area contributed by atoms with Crippen LogP contribution >= 0.6 is 11.8 Å². The summed E-state index contributed by atoms with van der Waals surface area (Å²) in [6.07, 6.45) is 0. The first-order valence-electron chi connectivity index (χ1n) is 4.37. The van der Waals surface area contributed by atoms with Crippen LogP contribution in [0.25, 0.3) is 0 Å². The number of aliphatic imine (C=N–C) groups is 1. The molecule has 0 aromatic carbocycles. The molecule has 78 valence electrons. The van der Waals surface area contributed by atoms with Crippen LogP contribution in [0.4, 0.5) is 0 Å². The van der Waals surface area contributed by atoms with E-state index in [2.05, 4.69) is 25.8 Å². The number of nitrogens with two attached hydrogens (primary N) is 2. The molecule has 0 aliphatic heterocycles. The molecule has 13 heavy (non-hydrogen) atoms. The molecule has 4 heteroatoms. The third-order valence-electron chi connectivity index (χ3n) is 1.26. The molecule has 0 amide bonds. The number of hydrogen-bond donors (Lipinski definition) is 2. The standard InChI is InChI=1S/C9H21N3S/c1-8(2,3)6-13-9(4,5)12-7(10)11/h6H2,1-5H3,(H4,10,11,12). The first-order valence-corrected chi connectivity index (χ1v) is 5.36. The van der Waals surface area contributed by atoms with E-state index in [1.54, 1.807) is 11.8 Å². The Kier molecular flexibility index (Phi) is 4.10. The Morgan fingerprint density at radius 1 is 1.15 bits per heavy atom. The van der Waals surface area contributed by atoms with Crippen LogP contribution < -0.4 is 11.5 Å². The summed E-state index contributed by atoms with van der Waals surface area (Å²) in [6, 6.07) is 0. The largest absolute Gasteiger partial charge is 0.370 e. The molecule has 4 N–H and O–H groups in total. The van der Waals surface area contributed by atoms with Gasteiger partial charge in [-0.05, 0) is 19.3 Å². The maximum atomic E-state index is 5.33. The molecular weight excluding hydrogens is 182 g/mol. The number of guanidine groups is 1. The van der Waals surface area contributed by atoms with Crippen LogP contribution in [-0.2, 0) is 0 Å². The molecule has 0 unspecified atom stereocenters. The highest BCUT2D eigenvalue weighted by molar-refractivity contribution is 8.00. The average molecular weight is 203 g/mol. The van der Waals surface area contributed by atoms with E-state index in [9.17, 15) is 0 Å². The fourth-order valence-corrected chi connectivity index (χ4v) is 1.69. The molecule has 0 spiro atoms. The van der Waals surface area contributed by atoms with Crippen molar-refractivity contribution in [2.75, 3.05) is 5.75 Å². The molecule has 0 aromatic heterocycles. The fraction of sp³-hybridized carbons (Fsp3) is 0.889. The highest BCUT2D eigenvalue weighted by Crippen LogP contribution is 2.31.